The Morgan fingerprint density at radius 3 is 2.62 bits per heavy atom. The Bertz CT molecular complexity index is 898. The summed E-state index contributed by atoms with van der Waals surface area (Å²) in [4.78, 5) is 16.7. The SMILES string of the molecule is Cc1oc(NC(=O)CN2CCN(CCOc3ccccc3Cl)CC2)c(C#N)c1C. The van der Waals surface area contributed by atoms with Crippen molar-refractivity contribution in [1.29, 1.82) is 5.26 Å². The third-order valence-corrected chi connectivity index (χ3v) is 5.40. The minimum atomic E-state index is -0.175. The fraction of sp³-hybridized carbons (Fsp3) is 0.429. The van der Waals surface area contributed by atoms with Crippen molar-refractivity contribution in [2.75, 3.05) is 51.2 Å². The van der Waals surface area contributed by atoms with E-state index in [-0.39, 0.29) is 18.3 Å². The van der Waals surface area contributed by atoms with E-state index in [9.17, 15) is 10.1 Å². The molecule has 0 unspecified atom stereocenters. The van der Waals surface area contributed by atoms with E-state index < -0.39 is 0 Å². The second kappa shape index (κ2) is 9.79. The number of halogens is 1. The Balaban J connectivity index is 1.39. The molecule has 0 aliphatic carbocycles. The number of nitrogens with zero attached hydrogens (tertiary/aromatic N) is 3. The average molecular weight is 417 g/mol. The molecule has 0 spiro atoms. The van der Waals surface area contributed by atoms with Gasteiger partial charge >= 0.3 is 0 Å². The van der Waals surface area contributed by atoms with Crippen molar-refractivity contribution in [2.45, 2.75) is 13.8 Å². The summed E-state index contributed by atoms with van der Waals surface area (Å²) in [5.74, 6) is 1.41. The van der Waals surface area contributed by atoms with Gasteiger partial charge in [0.15, 0.2) is 0 Å². The molecule has 1 fully saturated rings. The molecule has 1 saturated heterocycles. The molecule has 1 N–H and O–H groups in total. The molecule has 1 amide bonds. The number of hydrogen-bond acceptors (Lipinski definition) is 6. The van der Waals surface area contributed by atoms with Gasteiger partial charge in [0.1, 0.15) is 29.7 Å². The number of nitriles is 1. The summed E-state index contributed by atoms with van der Waals surface area (Å²) in [6.45, 7) is 8.54. The van der Waals surface area contributed by atoms with Crippen LogP contribution in [0.5, 0.6) is 5.75 Å². The standard InChI is InChI=1S/C21H25ClN4O3/c1-15-16(2)29-21(17(15)13-23)24-20(27)14-26-9-7-25(8-10-26)11-12-28-19-6-4-3-5-18(19)22/h3-6H,7-12,14H2,1-2H3,(H,24,27). The summed E-state index contributed by atoms with van der Waals surface area (Å²) >= 11 is 6.09. The first-order valence-electron chi connectivity index (χ1n) is 9.60. The molecule has 2 aromatic rings. The van der Waals surface area contributed by atoms with Gasteiger partial charge in [-0.2, -0.15) is 5.26 Å². The lowest BCUT2D eigenvalue weighted by Crippen LogP contribution is -2.49. The summed E-state index contributed by atoms with van der Waals surface area (Å²) in [7, 11) is 0. The van der Waals surface area contributed by atoms with Gasteiger partial charge in [0.05, 0.1) is 11.6 Å². The smallest absolute Gasteiger partial charge is 0.240 e. The zero-order valence-corrected chi connectivity index (χ0v) is 17.5. The van der Waals surface area contributed by atoms with Crippen molar-refractivity contribution in [1.82, 2.24) is 9.80 Å². The monoisotopic (exact) mass is 416 g/mol. The van der Waals surface area contributed by atoms with Gasteiger partial charge in [-0.1, -0.05) is 23.7 Å². The van der Waals surface area contributed by atoms with Crippen LogP contribution in [-0.2, 0) is 4.79 Å². The molecule has 0 bridgehead atoms. The van der Waals surface area contributed by atoms with Crippen LogP contribution in [0.1, 0.15) is 16.9 Å². The van der Waals surface area contributed by atoms with E-state index in [2.05, 4.69) is 21.2 Å². The van der Waals surface area contributed by atoms with Gasteiger partial charge in [-0.15, -0.1) is 0 Å². The van der Waals surface area contributed by atoms with Gasteiger partial charge in [0.25, 0.3) is 0 Å². The Kier molecular flexibility index (Phi) is 7.15. The van der Waals surface area contributed by atoms with E-state index in [1.54, 1.807) is 6.92 Å². The topological polar surface area (TPSA) is 81.7 Å². The normalized spacial score (nSPS) is 15.1. The molecular formula is C21H25ClN4O3. The fourth-order valence-corrected chi connectivity index (χ4v) is 3.43. The van der Waals surface area contributed by atoms with Crippen LogP contribution in [0, 0.1) is 25.2 Å². The predicted molar refractivity (Wildman–Crippen MR) is 111 cm³/mol. The zero-order chi connectivity index (χ0) is 20.8. The van der Waals surface area contributed by atoms with Crippen LogP contribution >= 0.6 is 11.6 Å². The van der Waals surface area contributed by atoms with Crippen molar-refractivity contribution in [3.8, 4) is 11.8 Å². The number of piperazine rings is 1. The number of nitrogens with one attached hydrogen (secondary N) is 1. The summed E-state index contributed by atoms with van der Waals surface area (Å²) in [5.41, 5.74) is 1.15. The molecule has 0 atom stereocenters. The van der Waals surface area contributed by atoms with E-state index in [1.807, 2.05) is 31.2 Å². The number of carbonyl (C=O) groups is 1. The van der Waals surface area contributed by atoms with Crippen LogP contribution in [0.4, 0.5) is 5.88 Å². The summed E-state index contributed by atoms with van der Waals surface area (Å²) in [5, 5.41) is 12.6. The first kappa shape index (κ1) is 21.2. The van der Waals surface area contributed by atoms with Crippen LogP contribution in [0.3, 0.4) is 0 Å². The van der Waals surface area contributed by atoms with E-state index in [1.165, 1.54) is 0 Å². The van der Waals surface area contributed by atoms with Crippen molar-refractivity contribution >= 4 is 23.4 Å². The number of benzene rings is 1. The number of furan rings is 1. The molecule has 7 nitrogen and oxygen atoms in total. The number of ether oxygens (including phenoxy) is 1. The molecule has 8 heteroatoms. The van der Waals surface area contributed by atoms with E-state index >= 15 is 0 Å². The maximum Gasteiger partial charge on any atom is 0.240 e. The van der Waals surface area contributed by atoms with E-state index in [0.29, 0.717) is 28.7 Å². The lowest BCUT2D eigenvalue weighted by atomic mass is 10.2. The van der Waals surface area contributed by atoms with Gasteiger partial charge in [-0.05, 0) is 26.0 Å². The van der Waals surface area contributed by atoms with Gasteiger partial charge in [-0.25, -0.2) is 0 Å². The van der Waals surface area contributed by atoms with Crippen LogP contribution in [-0.4, -0.2) is 61.6 Å². The predicted octanol–water partition coefficient (Wildman–Crippen LogP) is 3.06. The van der Waals surface area contributed by atoms with Crippen LogP contribution in [0.2, 0.25) is 5.02 Å². The highest BCUT2D eigenvalue weighted by atomic mass is 35.5. The molecule has 3 rings (SSSR count). The Morgan fingerprint density at radius 2 is 1.93 bits per heavy atom. The van der Waals surface area contributed by atoms with Crippen molar-refractivity contribution in [2.24, 2.45) is 0 Å². The first-order chi connectivity index (χ1) is 14.0. The van der Waals surface area contributed by atoms with E-state index in [0.717, 1.165) is 38.3 Å². The van der Waals surface area contributed by atoms with Crippen molar-refractivity contribution < 1.29 is 13.9 Å². The summed E-state index contributed by atoms with van der Waals surface area (Å²) < 4.78 is 11.2. The largest absolute Gasteiger partial charge is 0.491 e. The number of amides is 1. The number of para-hydroxylation sites is 1. The number of aryl methyl sites for hydroxylation is 1. The molecule has 1 aliphatic heterocycles. The highest BCUT2D eigenvalue weighted by Crippen LogP contribution is 2.25. The molecule has 1 aromatic carbocycles. The minimum absolute atomic E-state index is 0.175. The average Bonchev–Trinajstić information content (AvgIpc) is 2.97. The molecule has 2 heterocycles. The Hall–Kier alpha value is -2.53. The van der Waals surface area contributed by atoms with E-state index in [4.69, 9.17) is 20.8 Å². The number of rotatable bonds is 7. The summed E-state index contributed by atoms with van der Waals surface area (Å²) in [6.07, 6.45) is 0. The quantitative estimate of drug-likeness (QED) is 0.747. The minimum Gasteiger partial charge on any atom is -0.491 e. The summed E-state index contributed by atoms with van der Waals surface area (Å²) in [6, 6.07) is 9.53. The molecule has 1 aromatic heterocycles. The third-order valence-electron chi connectivity index (χ3n) is 5.08. The Labute approximate surface area is 175 Å². The maximum atomic E-state index is 12.3. The lowest BCUT2D eigenvalue weighted by molar-refractivity contribution is -0.117. The number of hydrogen-bond donors (Lipinski definition) is 1. The van der Waals surface area contributed by atoms with Gasteiger partial charge < -0.3 is 9.15 Å². The number of carbonyl (C=O) groups excluding carboxylic acids is 1. The van der Waals surface area contributed by atoms with Crippen molar-refractivity contribution in [3.63, 3.8) is 0 Å². The first-order valence-corrected chi connectivity index (χ1v) is 9.97. The molecule has 1 aliphatic rings. The molecule has 154 valence electrons. The van der Waals surface area contributed by atoms with Crippen LogP contribution in [0.25, 0.3) is 0 Å². The highest BCUT2D eigenvalue weighted by molar-refractivity contribution is 6.32. The number of anilines is 1. The van der Waals surface area contributed by atoms with Crippen LogP contribution in [0.15, 0.2) is 28.7 Å². The van der Waals surface area contributed by atoms with Gasteiger partial charge in [-0.3, -0.25) is 19.9 Å². The molecule has 0 saturated carbocycles. The van der Waals surface area contributed by atoms with Crippen LogP contribution < -0.4 is 10.1 Å². The third kappa shape index (κ3) is 5.51. The second-order valence-electron chi connectivity index (χ2n) is 7.04. The fourth-order valence-electron chi connectivity index (χ4n) is 3.24. The zero-order valence-electron chi connectivity index (χ0n) is 16.7. The van der Waals surface area contributed by atoms with Gasteiger partial charge in [0.2, 0.25) is 11.8 Å². The second-order valence-corrected chi connectivity index (χ2v) is 7.45. The molecular weight excluding hydrogens is 392 g/mol. The molecule has 0 radical (unpaired) electrons. The molecule has 29 heavy (non-hydrogen) atoms. The van der Waals surface area contributed by atoms with Crippen molar-refractivity contribution in [3.05, 3.63) is 46.2 Å². The maximum absolute atomic E-state index is 12.3. The van der Waals surface area contributed by atoms with Gasteiger partial charge in [0, 0.05) is 38.3 Å². The lowest BCUT2D eigenvalue weighted by Gasteiger charge is -2.34. The Morgan fingerprint density at radius 1 is 1.24 bits per heavy atom. The highest BCUT2D eigenvalue weighted by Gasteiger charge is 2.21.